The number of nitrogens with two attached hydrogens (primary N) is 1. The third kappa shape index (κ3) is 2.90. The van der Waals surface area contributed by atoms with Crippen LogP contribution in [0.2, 0.25) is 0 Å². The van der Waals surface area contributed by atoms with E-state index in [1.165, 1.54) is 23.5 Å². The summed E-state index contributed by atoms with van der Waals surface area (Å²) in [5.74, 6) is -1.91. The molecule has 20 heavy (non-hydrogen) atoms. The Labute approximate surface area is 120 Å². The number of aliphatic hydroxyl groups is 1. The highest BCUT2D eigenvalue weighted by Crippen LogP contribution is 2.36. The minimum atomic E-state index is -0.891. The van der Waals surface area contributed by atoms with Crippen molar-refractivity contribution < 1.29 is 13.9 Å². The number of aryl methyl sites for hydroxylation is 2. The van der Waals surface area contributed by atoms with E-state index in [0.29, 0.717) is 0 Å². The summed E-state index contributed by atoms with van der Waals surface area (Å²) in [7, 11) is 0. The predicted octanol–water partition coefficient (Wildman–Crippen LogP) is 3.42. The Morgan fingerprint density at radius 1 is 1.25 bits per heavy atom. The maximum absolute atomic E-state index is 13.8. The van der Waals surface area contributed by atoms with Gasteiger partial charge in [-0.2, -0.15) is 0 Å². The van der Waals surface area contributed by atoms with Crippen LogP contribution in [0.1, 0.15) is 32.9 Å². The fraction of sp³-hybridized carbons (Fsp3) is 0.333. The van der Waals surface area contributed by atoms with E-state index >= 15 is 0 Å². The van der Waals surface area contributed by atoms with Crippen molar-refractivity contribution in [1.82, 2.24) is 0 Å². The van der Waals surface area contributed by atoms with Gasteiger partial charge < -0.3 is 10.8 Å². The minimum Gasteiger partial charge on any atom is -0.387 e. The van der Waals surface area contributed by atoms with Crippen molar-refractivity contribution in [2.45, 2.75) is 25.9 Å². The Bertz CT molecular complexity index is 592. The molecule has 2 aromatic rings. The second-order valence-corrected chi connectivity index (χ2v) is 6.13. The number of hydrogen-bond acceptors (Lipinski definition) is 3. The molecule has 0 bridgehead atoms. The molecule has 0 aliphatic carbocycles. The molecule has 5 heteroatoms. The first-order valence-corrected chi connectivity index (χ1v) is 7.15. The fourth-order valence-corrected chi connectivity index (χ4v) is 3.27. The number of aliphatic hydroxyl groups excluding tert-OH is 1. The average molecular weight is 297 g/mol. The molecule has 108 valence electrons. The molecule has 0 amide bonds. The summed E-state index contributed by atoms with van der Waals surface area (Å²) in [6.07, 6.45) is -0.891. The van der Waals surface area contributed by atoms with E-state index in [-0.39, 0.29) is 12.1 Å². The van der Waals surface area contributed by atoms with Gasteiger partial charge in [0.05, 0.1) is 6.10 Å². The Balaban J connectivity index is 2.36. The zero-order valence-corrected chi connectivity index (χ0v) is 12.2. The lowest BCUT2D eigenvalue weighted by molar-refractivity contribution is 0.149. The van der Waals surface area contributed by atoms with Crippen LogP contribution in [0.3, 0.4) is 0 Å². The molecule has 0 saturated carbocycles. The molecule has 0 aliphatic rings. The summed E-state index contributed by atoms with van der Waals surface area (Å²) < 4.78 is 26.8. The van der Waals surface area contributed by atoms with Gasteiger partial charge in [-0.1, -0.05) is 6.07 Å². The van der Waals surface area contributed by atoms with Crippen molar-refractivity contribution >= 4 is 11.3 Å². The molecule has 3 N–H and O–H groups in total. The van der Waals surface area contributed by atoms with E-state index in [2.05, 4.69) is 0 Å². The molecule has 0 spiro atoms. The zero-order valence-electron chi connectivity index (χ0n) is 11.4. The normalized spacial score (nSPS) is 14.3. The smallest absolute Gasteiger partial charge is 0.129 e. The van der Waals surface area contributed by atoms with Gasteiger partial charge in [-0.15, -0.1) is 11.3 Å². The highest BCUT2D eigenvalue weighted by Gasteiger charge is 2.26. The SMILES string of the molecule is Cc1cc(C(O)C(CN)c2ccc(F)cc2F)sc1C. The second-order valence-electron chi connectivity index (χ2n) is 4.84. The number of thiophene rings is 1. The molecule has 2 atom stereocenters. The van der Waals surface area contributed by atoms with Crippen LogP contribution >= 0.6 is 11.3 Å². The molecule has 1 aromatic heterocycles. The van der Waals surface area contributed by atoms with Crippen LogP contribution in [0.5, 0.6) is 0 Å². The lowest BCUT2D eigenvalue weighted by Crippen LogP contribution is -2.20. The van der Waals surface area contributed by atoms with Gasteiger partial charge in [-0.05, 0) is 37.1 Å². The Morgan fingerprint density at radius 2 is 1.95 bits per heavy atom. The molecule has 2 unspecified atom stereocenters. The lowest BCUT2D eigenvalue weighted by Gasteiger charge is -2.21. The minimum absolute atomic E-state index is 0.0830. The predicted molar refractivity (Wildman–Crippen MR) is 76.9 cm³/mol. The van der Waals surface area contributed by atoms with Gasteiger partial charge in [-0.3, -0.25) is 0 Å². The van der Waals surface area contributed by atoms with Crippen LogP contribution in [0.4, 0.5) is 8.78 Å². The van der Waals surface area contributed by atoms with Gasteiger partial charge in [-0.25, -0.2) is 8.78 Å². The third-order valence-electron chi connectivity index (χ3n) is 3.47. The van der Waals surface area contributed by atoms with Gasteiger partial charge in [0.1, 0.15) is 11.6 Å². The van der Waals surface area contributed by atoms with Crippen molar-refractivity contribution in [3.05, 3.63) is 56.8 Å². The van der Waals surface area contributed by atoms with Crippen LogP contribution in [-0.4, -0.2) is 11.7 Å². The first kappa shape index (κ1) is 15.1. The summed E-state index contributed by atoms with van der Waals surface area (Å²) in [5, 5.41) is 10.4. The van der Waals surface area contributed by atoms with Gasteiger partial charge >= 0.3 is 0 Å². The monoisotopic (exact) mass is 297 g/mol. The first-order chi connectivity index (χ1) is 9.43. The molecular weight excluding hydrogens is 280 g/mol. The van der Waals surface area contributed by atoms with E-state index < -0.39 is 23.7 Å². The molecule has 0 saturated heterocycles. The summed E-state index contributed by atoms with van der Waals surface area (Å²) in [5.41, 5.74) is 7.00. The molecule has 1 aromatic carbocycles. The molecule has 0 radical (unpaired) electrons. The van der Waals surface area contributed by atoms with Crippen molar-refractivity contribution in [2.75, 3.05) is 6.54 Å². The summed E-state index contributed by atoms with van der Waals surface area (Å²) in [6.45, 7) is 4.00. The van der Waals surface area contributed by atoms with Gasteiger partial charge in [0.15, 0.2) is 0 Å². The largest absolute Gasteiger partial charge is 0.387 e. The van der Waals surface area contributed by atoms with Crippen LogP contribution in [-0.2, 0) is 0 Å². The van der Waals surface area contributed by atoms with E-state index in [9.17, 15) is 13.9 Å². The Kier molecular flexibility index (Phi) is 4.52. The quantitative estimate of drug-likeness (QED) is 0.908. The summed E-state index contributed by atoms with van der Waals surface area (Å²) >= 11 is 1.47. The average Bonchev–Trinajstić information content (AvgIpc) is 2.73. The molecular formula is C15H17F2NOS. The van der Waals surface area contributed by atoms with E-state index in [0.717, 1.165) is 21.4 Å². The highest BCUT2D eigenvalue weighted by molar-refractivity contribution is 7.12. The van der Waals surface area contributed by atoms with Crippen LogP contribution < -0.4 is 5.73 Å². The van der Waals surface area contributed by atoms with Gasteiger partial charge in [0.2, 0.25) is 0 Å². The molecule has 1 heterocycles. The lowest BCUT2D eigenvalue weighted by atomic mass is 9.92. The number of halogens is 2. The van der Waals surface area contributed by atoms with E-state index in [1.54, 1.807) is 0 Å². The topological polar surface area (TPSA) is 46.2 Å². The molecule has 0 aliphatic heterocycles. The Morgan fingerprint density at radius 3 is 2.45 bits per heavy atom. The Hall–Kier alpha value is -1.30. The molecule has 2 rings (SSSR count). The van der Waals surface area contributed by atoms with Crippen molar-refractivity contribution in [1.29, 1.82) is 0 Å². The van der Waals surface area contributed by atoms with E-state index in [1.807, 2.05) is 19.9 Å². The first-order valence-electron chi connectivity index (χ1n) is 6.34. The number of rotatable bonds is 4. The molecule has 0 fully saturated rings. The number of hydrogen-bond donors (Lipinski definition) is 2. The molecule has 2 nitrogen and oxygen atoms in total. The van der Waals surface area contributed by atoms with Crippen molar-refractivity contribution in [3.63, 3.8) is 0 Å². The van der Waals surface area contributed by atoms with Crippen LogP contribution in [0.15, 0.2) is 24.3 Å². The maximum atomic E-state index is 13.8. The fourth-order valence-electron chi connectivity index (χ4n) is 2.17. The van der Waals surface area contributed by atoms with E-state index in [4.69, 9.17) is 5.73 Å². The second kappa shape index (κ2) is 5.99. The van der Waals surface area contributed by atoms with Gasteiger partial charge in [0, 0.05) is 28.3 Å². The zero-order chi connectivity index (χ0) is 14.9. The van der Waals surface area contributed by atoms with Crippen molar-refractivity contribution in [3.8, 4) is 0 Å². The highest BCUT2D eigenvalue weighted by atomic mass is 32.1. The van der Waals surface area contributed by atoms with Crippen LogP contribution in [0.25, 0.3) is 0 Å². The van der Waals surface area contributed by atoms with Crippen LogP contribution in [0, 0.1) is 25.5 Å². The van der Waals surface area contributed by atoms with Gasteiger partial charge in [0.25, 0.3) is 0 Å². The number of benzene rings is 1. The standard InChI is InChI=1S/C15H17F2NOS/c1-8-5-14(20-9(8)2)15(19)12(7-18)11-4-3-10(16)6-13(11)17/h3-6,12,15,19H,7,18H2,1-2H3. The summed E-state index contributed by atoms with van der Waals surface area (Å²) in [4.78, 5) is 1.86. The van der Waals surface area contributed by atoms with Crippen molar-refractivity contribution in [2.24, 2.45) is 5.73 Å². The summed E-state index contributed by atoms with van der Waals surface area (Å²) in [6, 6.07) is 5.22. The maximum Gasteiger partial charge on any atom is 0.129 e. The third-order valence-corrected chi connectivity index (χ3v) is 4.70.